The van der Waals surface area contributed by atoms with Gasteiger partial charge in [0.25, 0.3) is 0 Å². The van der Waals surface area contributed by atoms with Crippen molar-refractivity contribution in [3.05, 3.63) is 70.1 Å². The van der Waals surface area contributed by atoms with Gasteiger partial charge >= 0.3 is 0 Å². The summed E-state index contributed by atoms with van der Waals surface area (Å²) in [4.78, 5) is 13.3. The first-order valence-corrected chi connectivity index (χ1v) is 9.93. The summed E-state index contributed by atoms with van der Waals surface area (Å²) in [5.74, 6) is 0.247. The van der Waals surface area contributed by atoms with Crippen molar-refractivity contribution in [3.63, 3.8) is 0 Å². The molecule has 1 aliphatic heterocycles. The summed E-state index contributed by atoms with van der Waals surface area (Å²) >= 11 is 0. The van der Waals surface area contributed by atoms with Gasteiger partial charge in [0.15, 0.2) is 0 Å². The number of phenols is 2. The predicted octanol–water partition coefficient (Wildman–Crippen LogP) is 4.53. The van der Waals surface area contributed by atoms with Gasteiger partial charge in [0.2, 0.25) is 5.43 Å². The molecule has 0 amide bonds. The normalized spacial score (nSPS) is 15.4. The first kappa shape index (κ1) is 20.8. The molecule has 1 aliphatic rings. The van der Waals surface area contributed by atoms with Gasteiger partial charge in [0, 0.05) is 12.5 Å². The Morgan fingerprint density at radius 3 is 2.68 bits per heavy atom. The highest BCUT2D eigenvalue weighted by Gasteiger charge is 2.26. The molecule has 1 aromatic heterocycles. The predicted molar refractivity (Wildman–Crippen MR) is 120 cm³/mol. The van der Waals surface area contributed by atoms with Gasteiger partial charge in [-0.3, -0.25) is 4.79 Å². The zero-order chi connectivity index (χ0) is 22.5. The number of aliphatic hydroxyl groups excluding tert-OH is 1. The fraction of sp³-hybridized carbons (Fsp3) is 0.240. The van der Waals surface area contributed by atoms with E-state index in [2.05, 4.69) is 6.58 Å². The van der Waals surface area contributed by atoms with Gasteiger partial charge in [0.1, 0.15) is 40.1 Å². The van der Waals surface area contributed by atoms with Gasteiger partial charge in [-0.25, -0.2) is 0 Å². The Labute approximate surface area is 179 Å². The molecule has 4 rings (SSSR count). The molecule has 0 fully saturated rings. The van der Waals surface area contributed by atoms with Crippen LogP contribution in [0.25, 0.3) is 28.2 Å². The van der Waals surface area contributed by atoms with Crippen LogP contribution in [-0.4, -0.2) is 27.0 Å². The van der Waals surface area contributed by atoms with Crippen LogP contribution < -0.4 is 10.2 Å². The molecule has 160 valence electrons. The van der Waals surface area contributed by atoms with Crippen LogP contribution in [0, 0.1) is 0 Å². The summed E-state index contributed by atoms with van der Waals surface area (Å²) in [6, 6.07) is 6.28. The Morgan fingerprint density at radius 1 is 1.23 bits per heavy atom. The van der Waals surface area contributed by atoms with Crippen molar-refractivity contribution in [1.29, 1.82) is 0 Å². The molecule has 3 aromatic rings. The summed E-state index contributed by atoms with van der Waals surface area (Å²) in [7, 11) is 0. The Bertz CT molecular complexity index is 1300. The third-order valence-electron chi connectivity index (χ3n) is 5.44. The minimum absolute atomic E-state index is 0.0102. The van der Waals surface area contributed by atoms with E-state index in [1.807, 2.05) is 19.9 Å². The topological polar surface area (TPSA) is 100 Å². The van der Waals surface area contributed by atoms with Crippen molar-refractivity contribution in [2.24, 2.45) is 0 Å². The minimum Gasteiger partial charge on any atom is -0.508 e. The minimum atomic E-state index is -0.819. The lowest BCUT2D eigenvalue weighted by Gasteiger charge is -2.28. The standard InChI is InChI=1S/C25H24O6/c1-13(2)19(27)10-15-9-14(5-6-18(15)26)17-12-30-21-11-20-16(7-8-25(3,4)31-20)23(28)22(21)24(17)29/h5-9,11-12,19,26-28H,1,10H2,2-4H3. The number of hydrogen-bond acceptors (Lipinski definition) is 6. The van der Waals surface area contributed by atoms with E-state index >= 15 is 0 Å². The van der Waals surface area contributed by atoms with Crippen molar-refractivity contribution in [2.75, 3.05) is 0 Å². The van der Waals surface area contributed by atoms with Crippen LogP contribution in [0.2, 0.25) is 0 Å². The number of phenolic OH excluding ortho intramolecular Hbond substituents is 2. The molecule has 1 unspecified atom stereocenters. The van der Waals surface area contributed by atoms with E-state index in [4.69, 9.17) is 9.15 Å². The fourth-order valence-corrected chi connectivity index (χ4v) is 3.61. The average Bonchev–Trinajstić information content (AvgIpc) is 2.69. The maximum absolute atomic E-state index is 13.3. The second-order valence-corrected chi connectivity index (χ2v) is 8.44. The number of benzene rings is 2. The van der Waals surface area contributed by atoms with Crippen molar-refractivity contribution in [1.82, 2.24) is 0 Å². The lowest BCUT2D eigenvalue weighted by molar-refractivity contribution is 0.158. The van der Waals surface area contributed by atoms with Crippen molar-refractivity contribution in [2.45, 2.75) is 38.9 Å². The molecular weight excluding hydrogens is 396 g/mol. The summed E-state index contributed by atoms with van der Waals surface area (Å²) in [5, 5.41) is 31.2. The Morgan fingerprint density at radius 2 is 1.97 bits per heavy atom. The second kappa shape index (κ2) is 7.32. The van der Waals surface area contributed by atoms with E-state index in [9.17, 15) is 20.1 Å². The van der Waals surface area contributed by atoms with Crippen molar-refractivity contribution < 1.29 is 24.5 Å². The van der Waals surface area contributed by atoms with E-state index in [-0.39, 0.29) is 34.5 Å². The zero-order valence-corrected chi connectivity index (χ0v) is 17.6. The summed E-state index contributed by atoms with van der Waals surface area (Å²) in [6.45, 7) is 9.20. The molecular formula is C25H24O6. The highest BCUT2D eigenvalue weighted by molar-refractivity contribution is 5.93. The van der Waals surface area contributed by atoms with Gasteiger partial charge in [-0.05, 0) is 56.2 Å². The molecule has 2 aromatic carbocycles. The van der Waals surface area contributed by atoms with Gasteiger partial charge < -0.3 is 24.5 Å². The Kier molecular flexibility index (Phi) is 4.90. The highest BCUT2D eigenvalue weighted by atomic mass is 16.5. The maximum atomic E-state index is 13.3. The number of fused-ring (bicyclic) bond motifs is 2. The molecule has 31 heavy (non-hydrogen) atoms. The smallest absolute Gasteiger partial charge is 0.204 e. The number of hydrogen-bond donors (Lipinski definition) is 3. The van der Waals surface area contributed by atoms with Crippen molar-refractivity contribution >= 4 is 17.0 Å². The van der Waals surface area contributed by atoms with Gasteiger partial charge in [-0.15, -0.1) is 0 Å². The summed E-state index contributed by atoms with van der Waals surface area (Å²) < 4.78 is 11.6. The summed E-state index contributed by atoms with van der Waals surface area (Å²) in [6.07, 6.45) is 4.21. The third-order valence-corrected chi connectivity index (χ3v) is 5.44. The van der Waals surface area contributed by atoms with E-state index < -0.39 is 17.1 Å². The molecule has 1 atom stereocenters. The fourth-order valence-electron chi connectivity index (χ4n) is 3.61. The lowest BCUT2D eigenvalue weighted by Crippen LogP contribution is -2.27. The molecule has 0 saturated heterocycles. The quantitative estimate of drug-likeness (QED) is 0.536. The molecule has 3 N–H and O–H groups in total. The number of rotatable bonds is 4. The van der Waals surface area contributed by atoms with Crippen molar-refractivity contribution in [3.8, 4) is 28.4 Å². The van der Waals surface area contributed by atoms with Crippen LogP contribution in [0.5, 0.6) is 17.2 Å². The van der Waals surface area contributed by atoms with Crippen LogP contribution in [0.15, 0.2) is 58.0 Å². The highest BCUT2D eigenvalue weighted by Crippen LogP contribution is 2.41. The van der Waals surface area contributed by atoms with Crippen LogP contribution in [0.3, 0.4) is 0 Å². The van der Waals surface area contributed by atoms with Crippen LogP contribution >= 0.6 is 0 Å². The van der Waals surface area contributed by atoms with Gasteiger partial charge in [0.05, 0.1) is 17.2 Å². The zero-order valence-electron chi connectivity index (χ0n) is 17.6. The molecule has 2 heterocycles. The Balaban J connectivity index is 1.85. The van der Waals surface area contributed by atoms with E-state index in [0.717, 1.165) is 0 Å². The van der Waals surface area contributed by atoms with Crippen LogP contribution in [0.4, 0.5) is 0 Å². The van der Waals surface area contributed by atoms with E-state index in [0.29, 0.717) is 28.0 Å². The SMILES string of the molecule is C=C(C)C(O)Cc1cc(-c2coc3cc4c(c(O)c3c2=O)C=CC(C)(C)O4)ccc1O. The molecule has 0 saturated carbocycles. The molecule has 0 radical (unpaired) electrons. The van der Waals surface area contributed by atoms with Crippen LogP contribution in [-0.2, 0) is 6.42 Å². The number of aliphatic hydroxyl groups is 1. The summed E-state index contributed by atoms with van der Waals surface area (Å²) in [5.41, 5.74) is 1.47. The first-order valence-electron chi connectivity index (χ1n) is 9.93. The maximum Gasteiger partial charge on any atom is 0.204 e. The Hall–Kier alpha value is -3.51. The van der Waals surface area contributed by atoms with Gasteiger partial charge in [-0.1, -0.05) is 18.2 Å². The van der Waals surface area contributed by atoms with Gasteiger partial charge in [-0.2, -0.15) is 0 Å². The van der Waals surface area contributed by atoms with Crippen LogP contribution in [0.1, 0.15) is 31.9 Å². The number of ether oxygens (including phenoxy) is 1. The molecule has 0 aliphatic carbocycles. The molecule has 0 bridgehead atoms. The first-order chi connectivity index (χ1) is 14.6. The average molecular weight is 420 g/mol. The monoisotopic (exact) mass is 420 g/mol. The second-order valence-electron chi connectivity index (χ2n) is 8.44. The molecule has 0 spiro atoms. The number of aromatic hydroxyl groups is 2. The molecule has 6 heteroatoms. The lowest BCUT2D eigenvalue weighted by atomic mass is 9.96. The van der Waals surface area contributed by atoms with E-state index in [1.54, 1.807) is 31.2 Å². The molecule has 6 nitrogen and oxygen atoms in total. The largest absolute Gasteiger partial charge is 0.508 e. The van der Waals surface area contributed by atoms with E-state index in [1.165, 1.54) is 12.3 Å². The third kappa shape index (κ3) is 3.70.